The van der Waals surface area contributed by atoms with Gasteiger partial charge in [0.2, 0.25) is 0 Å². The van der Waals surface area contributed by atoms with Crippen molar-refractivity contribution in [2.75, 3.05) is 31.5 Å². The number of benzene rings is 2. The Morgan fingerprint density at radius 1 is 1.00 bits per heavy atom. The van der Waals surface area contributed by atoms with E-state index in [1.54, 1.807) is 28.3 Å². The second-order valence-electron chi connectivity index (χ2n) is 9.25. The van der Waals surface area contributed by atoms with Crippen LogP contribution in [0.1, 0.15) is 46.4 Å². The monoisotopic (exact) mass is 551 g/mol. The van der Waals surface area contributed by atoms with Crippen molar-refractivity contribution in [3.8, 4) is 0 Å². The number of nitro groups is 1. The second kappa shape index (κ2) is 10.2. The van der Waals surface area contributed by atoms with Gasteiger partial charge in [-0.05, 0) is 37.1 Å². The molecule has 2 aliphatic rings. The molecule has 2 aliphatic heterocycles. The lowest BCUT2D eigenvalue weighted by atomic mass is 10.1. The van der Waals surface area contributed by atoms with E-state index in [1.807, 2.05) is 24.3 Å². The number of halogens is 1. The highest BCUT2D eigenvalue weighted by atomic mass is 79.9. The number of piperidine rings is 1. The predicted molar refractivity (Wildman–Crippen MR) is 140 cm³/mol. The Bertz CT molecular complexity index is 1340. The zero-order valence-corrected chi connectivity index (χ0v) is 21.2. The minimum absolute atomic E-state index is 0.126. The van der Waals surface area contributed by atoms with Crippen LogP contribution in [0.4, 0.5) is 11.4 Å². The third-order valence-electron chi connectivity index (χ3n) is 6.88. The van der Waals surface area contributed by atoms with Gasteiger partial charge in [-0.25, -0.2) is 0 Å². The molecule has 1 aromatic heterocycles. The highest BCUT2D eigenvalue weighted by molar-refractivity contribution is 9.10. The Hall–Kier alpha value is -3.53. The number of anilines is 1. The normalized spacial score (nSPS) is 17.9. The molecule has 2 amide bonds. The van der Waals surface area contributed by atoms with Crippen LogP contribution in [0.2, 0.25) is 0 Å². The van der Waals surface area contributed by atoms with Crippen molar-refractivity contribution in [2.24, 2.45) is 0 Å². The Morgan fingerprint density at radius 2 is 1.75 bits per heavy atom. The fourth-order valence-corrected chi connectivity index (χ4v) is 5.49. The summed E-state index contributed by atoms with van der Waals surface area (Å²) in [5.41, 5.74) is 0.864. The maximum absolute atomic E-state index is 13.4. The van der Waals surface area contributed by atoms with E-state index >= 15 is 0 Å². The van der Waals surface area contributed by atoms with Crippen LogP contribution >= 0.6 is 15.9 Å². The first-order valence-corrected chi connectivity index (χ1v) is 12.9. The molecule has 1 N–H and O–H groups in total. The molecular weight excluding hydrogens is 526 g/mol. The van der Waals surface area contributed by atoms with Crippen molar-refractivity contribution in [1.29, 1.82) is 0 Å². The van der Waals surface area contributed by atoms with Gasteiger partial charge in [0.05, 0.1) is 16.1 Å². The molecule has 0 aliphatic carbocycles. The Balaban J connectivity index is 1.40. The number of likely N-dealkylation sites (tertiary alicyclic amines) is 2. The lowest BCUT2D eigenvalue weighted by Crippen LogP contribution is -2.36. The van der Waals surface area contributed by atoms with Gasteiger partial charge in [0.15, 0.2) is 0 Å². The van der Waals surface area contributed by atoms with E-state index in [2.05, 4.69) is 26.2 Å². The van der Waals surface area contributed by atoms with Gasteiger partial charge < -0.3 is 15.1 Å². The van der Waals surface area contributed by atoms with Gasteiger partial charge in [-0.3, -0.25) is 24.7 Å². The van der Waals surface area contributed by atoms with Crippen LogP contribution in [0.3, 0.4) is 0 Å². The predicted octanol–water partition coefficient (Wildman–Crippen LogP) is 4.86. The Morgan fingerprint density at radius 3 is 2.53 bits per heavy atom. The first-order valence-electron chi connectivity index (χ1n) is 12.1. The first-order chi connectivity index (χ1) is 17.4. The maximum Gasteiger partial charge on any atom is 0.294 e. The zero-order chi connectivity index (χ0) is 25.2. The van der Waals surface area contributed by atoms with Crippen LogP contribution in [-0.2, 0) is 0 Å². The van der Waals surface area contributed by atoms with E-state index in [0.29, 0.717) is 42.6 Å². The highest BCUT2D eigenvalue weighted by Gasteiger charge is 2.32. The summed E-state index contributed by atoms with van der Waals surface area (Å²) in [6, 6.07) is 10.4. The number of carbonyl (C=O) groups excluding carboxylic acids is 2. The zero-order valence-electron chi connectivity index (χ0n) is 19.7. The molecule has 0 radical (unpaired) electrons. The fraction of sp³-hybridized carbons (Fsp3) is 0.346. The van der Waals surface area contributed by atoms with Gasteiger partial charge in [-0.1, -0.05) is 40.2 Å². The average molecular weight is 552 g/mol. The number of fused-ring (bicyclic) bond motifs is 1. The second-order valence-corrected chi connectivity index (χ2v) is 10.2. The number of amides is 2. The van der Waals surface area contributed by atoms with E-state index in [4.69, 9.17) is 0 Å². The van der Waals surface area contributed by atoms with Crippen LogP contribution in [0.15, 0.2) is 53.3 Å². The molecule has 2 fully saturated rings. The molecule has 1 unspecified atom stereocenters. The van der Waals surface area contributed by atoms with Crippen LogP contribution < -0.4 is 5.32 Å². The molecule has 3 aromatic rings. The van der Waals surface area contributed by atoms with Crippen molar-refractivity contribution in [1.82, 2.24) is 14.8 Å². The number of nitro benzene ring substituents is 1. The van der Waals surface area contributed by atoms with Crippen LogP contribution in [0, 0.1) is 10.1 Å². The third kappa shape index (κ3) is 4.77. The number of nitrogens with one attached hydrogen (secondary N) is 1. The van der Waals surface area contributed by atoms with E-state index in [1.165, 1.54) is 6.07 Å². The number of carbonyl (C=O) groups is 2. The number of hydrogen-bond acceptors (Lipinski definition) is 6. The van der Waals surface area contributed by atoms with Crippen molar-refractivity contribution >= 4 is 49.9 Å². The number of rotatable bonds is 5. The summed E-state index contributed by atoms with van der Waals surface area (Å²) in [5, 5.41) is 16.9. The van der Waals surface area contributed by atoms with Gasteiger partial charge in [-0.2, -0.15) is 0 Å². The third-order valence-corrected chi connectivity index (χ3v) is 7.33. The SMILES string of the molecule is O=C(c1cc(Br)cc([N+](=O)[O-])c1NC1CCN(C(=O)c2cncc3ccccc23)C1)N1CCCCC1. The molecule has 0 saturated carbocycles. The molecule has 3 heterocycles. The number of pyridine rings is 1. The van der Waals surface area contributed by atoms with E-state index in [9.17, 15) is 19.7 Å². The Kier molecular flexibility index (Phi) is 6.86. The van der Waals surface area contributed by atoms with E-state index < -0.39 is 4.92 Å². The number of hydrogen-bond donors (Lipinski definition) is 1. The summed E-state index contributed by atoms with van der Waals surface area (Å²) in [6.07, 6.45) is 6.84. The molecule has 5 rings (SSSR count). The van der Waals surface area contributed by atoms with Crippen LogP contribution in [0.25, 0.3) is 10.8 Å². The lowest BCUT2D eigenvalue weighted by Gasteiger charge is -2.28. The molecule has 0 bridgehead atoms. The molecular formula is C26H26BrN5O4. The van der Waals surface area contributed by atoms with Crippen molar-refractivity contribution in [3.05, 3.63) is 74.5 Å². The minimum atomic E-state index is -0.472. The lowest BCUT2D eigenvalue weighted by molar-refractivity contribution is -0.384. The summed E-state index contributed by atoms with van der Waals surface area (Å²) in [7, 11) is 0. The number of aromatic nitrogens is 1. The van der Waals surface area contributed by atoms with Gasteiger partial charge in [0, 0.05) is 60.5 Å². The molecule has 0 spiro atoms. The van der Waals surface area contributed by atoms with Crippen LogP contribution in [0.5, 0.6) is 0 Å². The van der Waals surface area contributed by atoms with Crippen molar-refractivity contribution in [3.63, 3.8) is 0 Å². The first kappa shape index (κ1) is 24.2. The Labute approximate surface area is 216 Å². The van der Waals surface area contributed by atoms with Crippen molar-refractivity contribution < 1.29 is 14.5 Å². The molecule has 1 atom stereocenters. The van der Waals surface area contributed by atoms with Gasteiger partial charge in [0.25, 0.3) is 17.5 Å². The van der Waals surface area contributed by atoms with Gasteiger partial charge in [-0.15, -0.1) is 0 Å². The van der Waals surface area contributed by atoms with E-state index in [-0.39, 0.29) is 34.8 Å². The molecule has 2 aromatic carbocycles. The summed E-state index contributed by atoms with van der Waals surface area (Å²) in [5.74, 6) is -0.340. The minimum Gasteiger partial charge on any atom is -0.374 e. The smallest absolute Gasteiger partial charge is 0.294 e. The highest BCUT2D eigenvalue weighted by Crippen LogP contribution is 2.35. The largest absolute Gasteiger partial charge is 0.374 e. The summed E-state index contributed by atoms with van der Waals surface area (Å²) in [6.45, 7) is 2.15. The fourth-order valence-electron chi connectivity index (χ4n) is 5.05. The van der Waals surface area contributed by atoms with Crippen molar-refractivity contribution in [2.45, 2.75) is 31.7 Å². The average Bonchev–Trinajstić information content (AvgIpc) is 3.37. The van der Waals surface area contributed by atoms with Crippen LogP contribution in [-0.4, -0.2) is 63.7 Å². The van der Waals surface area contributed by atoms with Gasteiger partial charge >= 0.3 is 0 Å². The molecule has 2 saturated heterocycles. The maximum atomic E-state index is 13.4. The topological polar surface area (TPSA) is 109 Å². The standard InChI is InChI=1S/C26H26BrN5O4/c27-18-12-21(25(33)30-9-4-1-5-10-30)24(23(13-18)32(35)36)29-19-8-11-31(16-19)26(34)22-15-28-14-17-6-2-3-7-20(17)22/h2-3,6-7,12-15,19,29H,1,4-5,8-11,16H2. The summed E-state index contributed by atoms with van der Waals surface area (Å²) in [4.78, 5) is 45.9. The number of nitrogens with zero attached hydrogens (tertiary/aromatic N) is 4. The molecule has 9 nitrogen and oxygen atoms in total. The van der Waals surface area contributed by atoms with Gasteiger partial charge in [0.1, 0.15) is 5.69 Å². The summed E-state index contributed by atoms with van der Waals surface area (Å²) >= 11 is 3.33. The quantitative estimate of drug-likeness (QED) is 0.358. The van der Waals surface area contributed by atoms with E-state index in [0.717, 1.165) is 30.0 Å². The summed E-state index contributed by atoms with van der Waals surface area (Å²) < 4.78 is 0.479. The molecule has 186 valence electrons. The molecule has 36 heavy (non-hydrogen) atoms. The molecule has 10 heteroatoms.